The number of anilines is 1. The summed E-state index contributed by atoms with van der Waals surface area (Å²) in [5.74, 6) is 0.503. The second-order valence-corrected chi connectivity index (χ2v) is 7.03. The number of hydrogen-bond acceptors (Lipinski definition) is 5. The largest absolute Gasteiger partial charge is 0.480 e. The van der Waals surface area contributed by atoms with Gasteiger partial charge in [0.05, 0.1) is 0 Å². The Kier molecular flexibility index (Phi) is 5.63. The maximum absolute atomic E-state index is 12.6. The summed E-state index contributed by atoms with van der Waals surface area (Å²) >= 11 is 1.34. The van der Waals surface area contributed by atoms with Crippen LogP contribution in [-0.2, 0) is 4.79 Å². The van der Waals surface area contributed by atoms with Gasteiger partial charge >= 0.3 is 0 Å². The van der Waals surface area contributed by atoms with Gasteiger partial charge in [-0.25, -0.2) is 0 Å². The molecule has 1 amide bonds. The van der Waals surface area contributed by atoms with E-state index in [1.807, 2.05) is 69.3 Å². The van der Waals surface area contributed by atoms with Gasteiger partial charge in [0.1, 0.15) is 10.8 Å². The van der Waals surface area contributed by atoms with Crippen LogP contribution in [-0.4, -0.2) is 22.2 Å². The number of benzene rings is 2. The zero-order chi connectivity index (χ0) is 18.5. The molecule has 0 saturated heterocycles. The van der Waals surface area contributed by atoms with Crippen LogP contribution >= 0.6 is 11.3 Å². The summed E-state index contributed by atoms with van der Waals surface area (Å²) in [7, 11) is 0. The number of aryl methyl sites for hydroxylation is 2. The third-order valence-corrected chi connectivity index (χ3v) is 4.83. The zero-order valence-electron chi connectivity index (χ0n) is 15.0. The van der Waals surface area contributed by atoms with Crippen LogP contribution in [0.15, 0.2) is 48.5 Å². The summed E-state index contributed by atoms with van der Waals surface area (Å²) in [6.45, 7) is 5.92. The monoisotopic (exact) mass is 367 g/mol. The lowest BCUT2D eigenvalue weighted by Gasteiger charge is -2.18. The molecule has 0 aliphatic rings. The van der Waals surface area contributed by atoms with Gasteiger partial charge in [-0.1, -0.05) is 66.3 Å². The van der Waals surface area contributed by atoms with Crippen molar-refractivity contribution in [2.75, 3.05) is 5.32 Å². The van der Waals surface area contributed by atoms with E-state index in [9.17, 15) is 4.79 Å². The number of ether oxygens (including phenoxy) is 1. The highest BCUT2D eigenvalue weighted by Gasteiger charge is 2.21. The Morgan fingerprint density at radius 2 is 1.92 bits per heavy atom. The van der Waals surface area contributed by atoms with Crippen LogP contribution in [0.5, 0.6) is 5.75 Å². The van der Waals surface area contributed by atoms with Crippen LogP contribution in [0.25, 0.3) is 10.6 Å². The Morgan fingerprint density at radius 1 is 1.15 bits per heavy atom. The first-order valence-corrected chi connectivity index (χ1v) is 9.32. The summed E-state index contributed by atoms with van der Waals surface area (Å²) in [4.78, 5) is 12.6. The maximum Gasteiger partial charge on any atom is 0.267 e. The van der Waals surface area contributed by atoms with Crippen molar-refractivity contribution >= 4 is 22.4 Å². The number of amides is 1. The van der Waals surface area contributed by atoms with Crippen molar-refractivity contribution in [3.63, 3.8) is 0 Å². The van der Waals surface area contributed by atoms with Gasteiger partial charge in [0, 0.05) is 5.56 Å². The maximum atomic E-state index is 12.6. The Morgan fingerprint density at radius 3 is 2.62 bits per heavy atom. The van der Waals surface area contributed by atoms with E-state index in [1.54, 1.807) is 0 Å². The summed E-state index contributed by atoms with van der Waals surface area (Å²) in [6, 6.07) is 15.7. The molecule has 26 heavy (non-hydrogen) atoms. The molecule has 0 radical (unpaired) electrons. The minimum absolute atomic E-state index is 0.219. The molecule has 0 aliphatic carbocycles. The molecule has 0 aliphatic heterocycles. The van der Waals surface area contributed by atoms with Gasteiger partial charge in [-0.3, -0.25) is 10.1 Å². The molecule has 5 nitrogen and oxygen atoms in total. The van der Waals surface area contributed by atoms with Crippen LogP contribution < -0.4 is 10.1 Å². The number of nitrogens with zero attached hydrogens (tertiary/aromatic N) is 2. The molecule has 6 heteroatoms. The molecule has 0 bridgehead atoms. The lowest BCUT2D eigenvalue weighted by Crippen LogP contribution is -2.32. The Bertz CT molecular complexity index is 893. The van der Waals surface area contributed by atoms with Gasteiger partial charge in [0.2, 0.25) is 5.13 Å². The number of carbonyl (C=O) groups is 1. The highest BCUT2D eigenvalue weighted by atomic mass is 32.1. The number of nitrogens with one attached hydrogen (secondary N) is 1. The topological polar surface area (TPSA) is 64.1 Å². The standard InChI is InChI=1S/C20H21N3O2S/c1-4-16(25-17-11-10-13(2)12-14(17)3)18(24)21-20-23-22-19(26-20)15-8-6-5-7-9-15/h5-12,16H,4H2,1-3H3,(H,21,23,24)/t16-/m0/s1. The predicted octanol–water partition coefficient (Wildman–Crippen LogP) is 4.62. The van der Waals surface area contributed by atoms with Crippen molar-refractivity contribution in [3.05, 3.63) is 59.7 Å². The van der Waals surface area contributed by atoms with E-state index in [1.165, 1.54) is 11.3 Å². The number of hydrogen-bond donors (Lipinski definition) is 1. The SMILES string of the molecule is CC[C@H](Oc1ccc(C)cc1C)C(=O)Nc1nnc(-c2ccccc2)s1. The minimum atomic E-state index is -0.583. The Balaban J connectivity index is 1.69. The lowest BCUT2D eigenvalue weighted by atomic mass is 10.1. The van der Waals surface area contributed by atoms with Crippen molar-refractivity contribution in [2.45, 2.75) is 33.3 Å². The highest BCUT2D eigenvalue weighted by Crippen LogP contribution is 2.26. The van der Waals surface area contributed by atoms with E-state index in [-0.39, 0.29) is 5.91 Å². The van der Waals surface area contributed by atoms with E-state index in [0.717, 1.165) is 27.4 Å². The fourth-order valence-electron chi connectivity index (χ4n) is 2.56. The van der Waals surface area contributed by atoms with Gasteiger partial charge in [-0.15, -0.1) is 10.2 Å². The molecule has 134 valence electrons. The third-order valence-electron chi connectivity index (χ3n) is 3.94. The molecule has 1 atom stereocenters. The first-order valence-electron chi connectivity index (χ1n) is 8.50. The number of aromatic nitrogens is 2. The van der Waals surface area contributed by atoms with Crippen LogP contribution in [0, 0.1) is 13.8 Å². The molecule has 0 saturated carbocycles. The fourth-order valence-corrected chi connectivity index (χ4v) is 3.32. The molecule has 1 N–H and O–H groups in total. The molecule has 0 unspecified atom stereocenters. The number of rotatable bonds is 6. The minimum Gasteiger partial charge on any atom is -0.480 e. The molecule has 0 spiro atoms. The average molecular weight is 367 g/mol. The van der Waals surface area contributed by atoms with E-state index >= 15 is 0 Å². The average Bonchev–Trinajstić information content (AvgIpc) is 3.10. The van der Waals surface area contributed by atoms with Gasteiger partial charge in [0.25, 0.3) is 5.91 Å². The first kappa shape index (κ1) is 18.1. The molecule has 3 rings (SSSR count). The molecule has 1 heterocycles. The molecular formula is C20H21N3O2S. The Labute approximate surface area is 157 Å². The van der Waals surface area contributed by atoms with Gasteiger partial charge in [-0.2, -0.15) is 0 Å². The summed E-state index contributed by atoms with van der Waals surface area (Å²) in [5.41, 5.74) is 3.15. The summed E-state index contributed by atoms with van der Waals surface area (Å²) < 4.78 is 5.92. The van der Waals surface area contributed by atoms with Crippen molar-refractivity contribution in [3.8, 4) is 16.3 Å². The van der Waals surface area contributed by atoms with Gasteiger partial charge < -0.3 is 4.74 Å². The summed E-state index contributed by atoms with van der Waals surface area (Å²) in [5, 5.41) is 12.3. The number of carbonyl (C=O) groups excluding carboxylic acids is 1. The third kappa shape index (κ3) is 4.26. The molecule has 2 aromatic carbocycles. The van der Waals surface area contributed by atoms with E-state index in [4.69, 9.17) is 4.74 Å². The smallest absolute Gasteiger partial charge is 0.267 e. The van der Waals surface area contributed by atoms with Gasteiger partial charge in [-0.05, 0) is 31.9 Å². The normalized spacial score (nSPS) is 11.8. The molecular weight excluding hydrogens is 346 g/mol. The highest BCUT2D eigenvalue weighted by molar-refractivity contribution is 7.18. The Hall–Kier alpha value is -2.73. The zero-order valence-corrected chi connectivity index (χ0v) is 15.8. The van der Waals surface area contributed by atoms with Crippen LogP contribution in [0.4, 0.5) is 5.13 Å². The van der Waals surface area contributed by atoms with Crippen LogP contribution in [0.3, 0.4) is 0 Å². The summed E-state index contributed by atoms with van der Waals surface area (Å²) in [6.07, 6.45) is -0.0239. The van der Waals surface area contributed by atoms with Crippen molar-refractivity contribution in [1.29, 1.82) is 0 Å². The lowest BCUT2D eigenvalue weighted by molar-refractivity contribution is -0.122. The van der Waals surface area contributed by atoms with E-state index in [2.05, 4.69) is 15.5 Å². The first-order chi connectivity index (χ1) is 12.6. The predicted molar refractivity (Wildman–Crippen MR) is 105 cm³/mol. The second kappa shape index (κ2) is 8.10. The van der Waals surface area contributed by atoms with Gasteiger partial charge in [0.15, 0.2) is 6.10 Å². The molecule has 3 aromatic rings. The quantitative estimate of drug-likeness (QED) is 0.690. The van der Waals surface area contributed by atoms with E-state index in [0.29, 0.717) is 11.6 Å². The molecule has 0 fully saturated rings. The van der Waals surface area contributed by atoms with Crippen LogP contribution in [0.1, 0.15) is 24.5 Å². The van der Waals surface area contributed by atoms with Crippen molar-refractivity contribution < 1.29 is 9.53 Å². The second-order valence-electron chi connectivity index (χ2n) is 6.05. The van der Waals surface area contributed by atoms with Crippen LogP contribution in [0.2, 0.25) is 0 Å². The van der Waals surface area contributed by atoms with Crippen molar-refractivity contribution in [1.82, 2.24) is 10.2 Å². The molecule has 1 aromatic heterocycles. The van der Waals surface area contributed by atoms with E-state index < -0.39 is 6.10 Å². The fraction of sp³-hybridized carbons (Fsp3) is 0.250. The van der Waals surface area contributed by atoms with Crippen molar-refractivity contribution in [2.24, 2.45) is 0 Å².